The quantitative estimate of drug-likeness (QED) is 0.416. The van der Waals surface area contributed by atoms with Crippen molar-refractivity contribution >= 4 is 17.7 Å². The molecule has 7 nitrogen and oxygen atoms in total. The Bertz CT molecular complexity index is 291. The number of carbonyl (C=O) groups excluding carboxylic acids is 3. The van der Waals surface area contributed by atoms with Crippen molar-refractivity contribution < 1.29 is 14.4 Å². The van der Waals surface area contributed by atoms with Gasteiger partial charge >= 0.3 is 0 Å². The van der Waals surface area contributed by atoms with Gasteiger partial charge in [-0.1, -0.05) is 13.8 Å². The Morgan fingerprint density at radius 3 is 2.18 bits per heavy atom. The summed E-state index contributed by atoms with van der Waals surface area (Å²) in [4.78, 5) is 32.9. The highest BCUT2D eigenvalue weighted by molar-refractivity contribution is 5.89. The SMILES string of the molecule is CC(C)C[C@H](N)C(=O)NCC(=O)NCC(N)=O. The second-order valence-corrected chi connectivity index (χ2v) is 4.20. The Morgan fingerprint density at radius 2 is 1.71 bits per heavy atom. The van der Waals surface area contributed by atoms with Gasteiger partial charge in [0.2, 0.25) is 17.7 Å². The fourth-order valence-electron chi connectivity index (χ4n) is 1.16. The molecule has 0 rings (SSSR count). The maximum absolute atomic E-state index is 11.4. The van der Waals surface area contributed by atoms with E-state index in [1.807, 2.05) is 13.8 Å². The van der Waals surface area contributed by atoms with Crippen LogP contribution in [0.3, 0.4) is 0 Å². The third-order valence-electron chi connectivity index (χ3n) is 1.95. The van der Waals surface area contributed by atoms with Crippen LogP contribution in [0.1, 0.15) is 20.3 Å². The summed E-state index contributed by atoms with van der Waals surface area (Å²) in [5, 5.41) is 4.63. The third kappa shape index (κ3) is 8.21. The van der Waals surface area contributed by atoms with E-state index >= 15 is 0 Å². The van der Waals surface area contributed by atoms with Crippen molar-refractivity contribution in [3.63, 3.8) is 0 Å². The molecule has 98 valence electrons. The van der Waals surface area contributed by atoms with E-state index in [1.165, 1.54) is 0 Å². The Hall–Kier alpha value is -1.63. The summed E-state index contributed by atoms with van der Waals surface area (Å²) in [6.07, 6.45) is 0.550. The zero-order valence-electron chi connectivity index (χ0n) is 10.2. The summed E-state index contributed by atoms with van der Waals surface area (Å²) in [7, 11) is 0. The molecule has 0 unspecified atom stereocenters. The second kappa shape index (κ2) is 7.61. The molecule has 0 saturated heterocycles. The van der Waals surface area contributed by atoms with Gasteiger partial charge in [0.05, 0.1) is 19.1 Å². The van der Waals surface area contributed by atoms with E-state index in [4.69, 9.17) is 11.5 Å². The summed E-state index contributed by atoms with van der Waals surface area (Å²) >= 11 is 0. The molecule has 0 aliphatic heterocycles. The van der Waals surface area contributed by atoms with Gasteiger partial charge in [-0.05, 0) is 12.3 Å². The molecule has 0 fully saturated rings. The molecule has 3 amide bonds. The monoisotopic (exact) mass is 244 g/mol. The zero-order chi connectivity index (χ0) is 13.4. The Morgan fingerprint density at radius 1 is 1.12 bits per heavy atom. The molecule has 17 heavy (non-hydrogen) atoms. The van der Waals surface area contributed by atoms with Crippen LogP contribution in [-0.2, 0) is 14.4 Å². The molecule has 0 bridgehead atoms. The van der Waals surface area contributed by atoms with E-state index in [0.717, 1.165) is 0 Å². The fourth-order valence-corrected chi connectivity index (χ4v) is 1.16. The van der Waals surface area contributed by atoms with E-state index in [9.17, 15) is 14.4 Å². The van der Waals surface area contributed by atoms with Gasteiger partial charge in [0, 0.05) is 0 Å². The van der Waals surface area contributed by atoms with Crippen LogP contribution < -0.4 is 22.1 Å². The lowest BCUT2D eigenvalue weighted by Crippen LogP contribution is -2.46. The van der Waals surface area contributed by atoms with Crippen LogP contribution in [0, 0.1) is 5.92 Å². The van der Waals surface area contributed by atoms with Gasteiger partial charge in [-0.25, -0.2) is 0 Å². The molecule has 0 aromatic carbocycles. The van der Waals surface area contributed by atoms with E-state index in [2.05, 4.69) is 10.6 Å². The number of amides is 3. The highest BCUT2D eigenvalue weighted by atomic mass is 16.2. The number of hydrogen-bond donors (Lipinski definition) is 4. The van der Waals surface area contributed by atoms with Crippen LogP contribution in [0.15, 0.2) is 0 Å². The summed E-state index contributed by atoms with van der Waals surface area (Å²) in [5.41, 5.74) is 10.4. The van der Waals surface area contributed by atoms with Crippen LogP contribution in [0.5, 0.6) is 0 Å². The van der Waals surface area contributed by atoms with Gasteiger partial charge in [-0.15, -0.1) is 0 Å². The number of nitrogens with two attached hydrogens (primary N) is 2. The van der Waals surface area contributed by atoms with Crippen LogP contribution >= 0.6 is 0 Å². The lowest BCUT2D eigenvalue weighted by atomic mass is 10.0. The molecule has 0 aromatic rings. The van der Waals surface area contributed by atoms with Crippen LogP contribution in [0.25, 0.3) is 0 Å². The number of primary amides is 1. The fraction of sp³-hybridized carbons (Fsp3) is 0.700. The van der Waals surface area contributed by atoms with Crippen molar-refractivity contribution in [1.82, 2.24) is 10.6 Å². The smallest absolute Gasteiger partial charge is 0.239 e. The van der Waals surface area contributed by atoms with E-state index < -0.39 is 17.9 Å². The Kier molecular flexibility index (Phi) is 6.88. The molecule has 0 radical (unpaired) electrons. The molecule has 0 heterocycles. The highest BCUT2D eigenvalue weighted by Crippen LogP contribution is 2.01. The minimum Gasteiger partial charge on any atom is -0.368 e. The molecule has 0 saturated carbocycles. The first-order valence-corrected chi connectivity index (χ1v) is 5.41. The average Bonchev–Trinajstić information content (AvgIpc) is 2.21. The summed E-state index contributed by atoms with van der Waals surface area (Å²) in [6.45, 7) is 3.45. The lowest BCUT2D eigenvalue weighted by Gasteiger charge is -2.13. The molecule has 6 N–H and O–H groups in total. The number of nitrogens with one attached hydrogen (secondary N) is 2. The Labute approximate surface area is 100 Å². The second-order valence-electron chi connectivity index (χ2n) is 4.20. The normalized spacial score (nSPS) is 12.0. The van der Waals surface area contributed by atoms with Gasteiger partial charge in [-0.2, -0.15) is 0 Å². The maximum Gasteiger partial charge on any atom is 0.239 e. The van der Waals surface area contributed by atoms with Gasteiger partial charge in [0.15, 0.2) is 0 Å². The van der Waals surface area contributed by atoms with E-state index in [-0.39, 0.29) is 19.0 Å². The first-order chi connectivity index (χ1) is 7.82. The molecule has 1 atom stereocenters. The standard InChI is InChI=1S/C10H20N4O3/c1-6(2)3-7(11)10(17)14-5-9(16)13-4-8(12)15/h6-7H,3-5,11H2,1-2H3,(H2,12,15)(H,13,16)(H,14,17)/t7-/m0/s1. The van der Waals surface area contributed by atoms with Gasteiger partial charge < -0.3 is 22.1 Å². The van der Waals surface area contributed by atoms with Crippen molar-refractivity contribution in [2.24, 2.45) is 17.4 Å². The van der Waals surface area contributed by atoms with Crippen molar-refractivity contribution in [3.8, 4) is 0 Å². The Balaban J connectivity index is 3.83. The first kappa shape index (κ1) is 15.4. The van der Waals surface area contributed by atoms with E-state index in [1.54, 1.807) is 0 Å². The summed E-state index contributed by atoms with van der Waals surface area (Å²) < 4.78 is 0. The molecular formula is C10H20N4O3. The van der Waals surface area contributed by atoms with Gasteiger partial charge in [0.1, 0.15) is 0 Å². The van der Waals surface area contributed by atoms with Crippen molar-refractivity contribution in [2.45, 2.75) is 26.3 Å². The molecule has 7 heteroatoms. The van der Waals surface area contributed by atoms with Crippen LogP contribution in [0.2, 0.25) is 0 Å². The number of carbonyl (C=O) groups is 3. The molecule has 0 aromatic heterocycles. The predicted octanol–water partition coefficient (Wildman–Crippen LogP) is -1.92. The zero-order valence-corrected chi connectivity index (χ0v) is 10.2. The lowest BCUT2D eigenvalue weighted by molar-refractivity contribution is -0.127. The molecule has 0 spiro atoms. The van der Waals surface area contributed by atoms with Crippen molar-refractivity contribution in [1.29, 1.82) is 0 Å². The molecule has 0 aliphatic rings. The molecular weight excluding hydrogens is 224 g/mol. The number of hydrogen-bond acceptors (Lipinski definition) is 4. The predicted molar refractivity (Wildman–Crippen MR) is 62.6 cm³/mol. The summed E-state index contributed by atoms with van der Waals surface area (Å²) in [5.74, 6) is -1.19. The largest absolute Gasteiger partial charge is 0.368 e. The third-order valence-corrected chi connectivity index (χ3v) is 1.95. The molecule has 0 aliphatic carbocycles. The minimum atomic E-state index is -0.638. The summed E-state index contributed by atoms with van der Waals surface area (Å²) in [6, 6.07) is -0.626. The average molecular weight is 244 g/mol. The van der Waals surface area contributed by atoms with Crippen LogP contribution in [-0.4, -0.2) is 36.9 Å². The first-order valence-electron chi connectivity index (χ1n) is 5.41. The van der Waals surface area contributed by atoms with E-state index in [0.29, 0.717) is 12.3 Å². The number of rotatable bonds is 7. The van der Waals surface area contributed by atoms with Crippen molar-refractivity contribution in [2.75, 3.05) is 13.1 Å². The highest BCUT2D eigenvalue weighted by Gasteiger charge is 2.15. The topological polar surface area (TPSA) is 127 Å². The maximum atomic E-state index is 11.4. The van der Waals surface area contributed by atoms with Crippen molar-refractivity contribution in [3.05, 3.63) is 0 Å². The van der Waals surface area contributed by atoms with Gasteiger partial charge in [-0.3, -0.25) is 14.4 Å². The van der Waals surface area contributed by atoms with Gasteiger partial charge in [0.25, 0.3) is 0 Å². The minimum absolute atomic E-state index is 0.210. The van der Waals surface area contributed by atoms with Crippen LogP contribution in [0.4, 0.5) is 0 Å².